The second-order valence-corrected chi connectivity index (χ2v) is 5.71. The number of hydrogen-bond donors (Lipinski definition) is 1. The Bertz CT molecular complexity index is 588. The molecule has 1 atom stereocenters. The molecule has 1 saturated heterocycles. The lowest BCUT2D eigenvalue weighted by atomic mass is 10.1. The molecule has 6 nitrogen and oxygen atoms in total. The van der Waals surface area contributed by atoms with Crippen LogP contribution in [0.15, 0.2) is 18.2 Å². The number of halogens is 1. The summed E-state index contributed by atoms with van der Waals surface area (Å²) in [6.07, 6.45) is -0.0625. The lowest BCUT2D eigenvalue weighted by Crippen LogP contribution is -2.47. The van der Waals surface area contributed by atoms with Gasteiger partial charge in [0.05, 0.1) is 29.8 Å². The number of hydrogen-bond acceptors (Lipinski definition) is 5. The van der Waals surface area contributed by atoms with E-state index in [9.17, 15) is 4.79 Å². The van der Waals surface area contributed by atoms with Crippen molar-refractivity contribution in [2.75, 3.05) is 44.7 Å². The quantitative estimate of drug-likeness (QED) is 0.883. The zero-order valence-corrected chi connectivity index (χ0v) is 13.1. The Labute approximate surface area is 134 Å². The highest BCUT2D eigenvalue weighted by atomic mass is 35.5. The summed E-state index contributed by atoms with van der Waals surface area (Å²) >= 11 is 6.07. The standard InChI is InChI=1S/C15H18ClN3O3/c1-18(10-15(20)21)8-13-9-19(4-5-22-13)12-3-2-11(7-17)14(16)6-12/h2-3,6,13H,4-5,8-10H2,1H3,(H,20,21). The molecule has 1 aromatic carbocycles. The largest absolute Gasteiger partial charge is 0.480 e. The van der Waals surface area contributed by atoms with Crippen molar-refractivity contribution in [1.82, 2.24) is 4.90 Å². The van der Waals surface area contributed by atoms with Crippen molar-refractivity contribution in [2.45, 2.75) is 6.10 Å². The molecule has 1 N–H and O–H groups in total. The predicted octanol–water partition coefficient (Wildman–Crippen LogP) is 1.43. The summed E-state index contributed by atoms with van der Waals surface area (Å²) in [5.74, 6) is -0.853. The molecule has 118 valence electrons. The van der Waals surface area contributed by atoms with Crippen LogP contribution in [0.25, 0.3) is 0 Å². The average molecular weight is 324 g/mol. The minimum absolute atomic E-state index is 0.0114. The molecule has 1 aliphatic heterocycles. The zero-order chi connectivity index (χ0) is 16.1. The van der Waals surface area contributed by atoms with Gasteiger partial charge in [0.25, 0.3) is 0 Å². The van der Waals surface area contributed by atoms with E-state index in [1.165, 1.54) is 0 Å². The van der Waals surface area contributed by atoms with Crippen molar-refractivity contribution in [1.29, 1.82) is 5.26 Å². The predicted molar refractivity (Wildman–Crippen MR) is 83.3 cm³/mol. The molecule has 0 amide bonds. The van der Waals surface area contributed by atoms with E-state index in [0.717, 1.165) is 12.2 Å². The molecule has 0 saturated carbocycles. The van der Waals surface area contributed by atoms with Gasteiger partial charge in [0.1, 0.15) is 6.07 Å². The van der Waals surface area contributed by atoms with Crippen LogP contribution in [0.3, 0.4) is 0 Å². The first-order valence-corrected chi connectivity index (χ1v) is 7.34. The van der Waals surface area contributed by atoms with E-state index < -0.39 is 5.97 Å². The Hall–Kier alpha value is -1.81. The normalized spacial score (nSPS) is 18.3. The number of anilines is 1. The molecular formula is C15H18ClN3O3. The van der Waals surface area contributed by atoms with Gasteiger partial charge in [-0.1, -0.05) is 11.6 Å². The molecule has 1 unspecified atom stereocenters. The minimum Gasteiger partial charge on any atom is -0.480 e. The fourth-order valence-electron chi connectivity index (χ4n) is 2.50. The van der Waals surface area contributed by atoms with E-state index in [2.05, 4.69) is 4.90 Å². The van der Waals surface area contributed by atoms with E-state index >= 15 is 0 Å². The number of ether oxygens (including phenoxy) is 1. The summed E-state index contributed by atoms with van der Waals surface area (Å²) in [5.41, 5.74) is 1.40. The molecular weight excluding hydrogens is 306 g/mol. The molecule has 1 aliphatic rings. The summed E-state index contributed by atoms with van der Waals surface area (Å²) in [5, 5.41) is 18.1. The minimum atomic E-state index is -0.853. The maximum atomic E-state index is 10.7. The van der Waals surface area contributed by atoms with Gasteiger partial charge in [-0.15, -0.1) is 0 Å². The van der Waals surface area contributed by atoms with Gasteiger partial charge >= 0.3 is 5.97 Å². The number of nitrogens with zero attached hydrogens (tertiary/aromatic N) is 3. The van der Waals surface area contributed by atoms with Crippen LogP contribution in [-0.2, 0) is 9.53 Å². The van der Waals surface area contributed by atoms with Crippen LogP contribution in [0.1, 0.15) is 5.56 Å². The molecule has 1 fully saturated rings. The summed E-state index contributed by atoms with van der Waals surface area (Å²) < 4.78 is 5.70. The second-order valence-electron chi connectivity index (χ2n) is 5.31. The van der Waals surface area contributed by atoms with E-state index in [1.54, 1.807) is 24.1 Å². The molecule has 1 aromatic rings. The first kappa shape index (κ1) is 16.6. The van der Waals surface area contributed by atoms with Gasteiger partial charge in [-0.3, -0.25) is 9.69 Å². The summed E-state index contributed by atoms with van der Waals surface area (Å²) in [6.45, 7) is 2.51. The van der Waals surface area contributed by atoms with Crippen molar-refractivity contribution < 1.29 is 14.6 Å². The topological polar surface area (TPSA) is 76.8 Å². The van der Waals surface area contributed by atoms with Crippen LogP contribution in [0.5, 0.6) is 0 Å². The fraction of sp³-hybridized carbons (Fsp3) is 0.467. The van der Waals surface area contributed by atoms with E-state index in [1.807, 2.05) is 12.1 Å². The number of morpholine rings is 1. The van der Waals surface area contributed by atoms with Crippen molar-refractivity contribution in [2.24, 2.45) is 0 Å². The Morgan fingerprint density at radius 3 is 3.05 bits per heavy atom. The molecule has 22 heavy (non-hydrogen) atoms. The number of likely N-dealkylation sites (N-methyl/N-ethyl adjacent to an activating group) is 1. The maximum absolute atomic E-state index is 10.7. The monoisotopic (exact) mass is 323 g/mol. The number of rotatable bonds is 5. The van der Waals surface area contributed by atoms with E-state index in [0.29, 0.717) is 30.3 Å². The lowest BCUT2D eigenvalue weighted by molar-refractivity contribution is -0.138. The Balaban J connectivity index is 2.00. The van der Waals surface area contributed by atoms with Gasteiger partial charge in [-0.2, -0.15) is 5.26 Å². The maximum Gasteiger partial charge on any atom is 0.317 e. The third-order valence-corrected chi connectivity index (χ3v) is 3.81. The zero-order valence-electron chi connectivity index (χ0n) is 12.3. The number of aliphatic carboxylic acids is 1. The van der Waals surface area contributed by atoms with Gasteiger partial charge in [-0.05, 0) is 25.2 Å². The Morgan fingerprint density at radius 1 is 1.64 bits per heavy atom. The fourth-order valence-corrected chi connectivity index (χ4v) is 2.72. The Morgan fingerprint density at radius 2 is 2.41 bits per heavy atom. The van der Waals surface area contributed by atoms with Crippen LogP contribution in [-0.4, -0.2) is 61.9 Å². The van der Waals surface area contributed by atoms with E-state index in [-0.39, 0.29) is 12.6 Å². The van der Waals surface area contributed by atoms with Crippen molar-refractivity contribution in [3.8, 4) is 6.07 Å². The highest BCUT2D eigenvalue weighted by molar-refractivity contribution is 6.32. The molecule has 0 aromatic heterocycles. The smallest absolute Gasteiger partial charge is 0.317 e. The van der Waals surface area contributed by atoms with Crippen LogP contribution in [0.4, 0.5) is 5.69 Å². The number of nitriles is 1. The van der Waals surface area contributed by atoms with Crippen LogP contribution in [0, 0.1) is 11.3 Å². The first-order chi connectivity index (χ1) is 10.5. The third-order valence-electron chi connectivity index (χ3n) is 3.50. The molecule has 2 rings (SSSR count). The van der Waals surface area contributed by atoms with E-state index in [4.69, 9.17) is 26.7 Å². The highest BCUT2D eigenvalue weighted by Gasteiger charge is 2.23. The summed E-state index contributed by atoms with van der Waals surface area (Å²) in [6, 6.07) is 7.40. The van der Waals surface area contributed by atoms with Gasteiger partial charge in [0, 0.05) is 25.3 Å². The Kier molecular flexibility index (Phi) is 5.61. The first-order valence-electron chi connectivity index (χ1n) is 6.96. The molecule has 0 aliphatic carbocycles. The van der Waals surface area contributed by atoms with Gasteiger partial charge in [-0.25, -0.2) is 0 Å². The average Bonchev–Trinajstić information content (AvgIpc) is 2.46. The van der Waals surface area contributed by atoms with Gasteiger partial charge in [0.2, 0.25) is 0 Å². The number of carbonyl (C=O) groups is 1. The van der Waals surface area contributed by atoms with Crippen LogP contribution < -0.4 is 4.90 Å². The third kappa shape index (κ3) is 4.34. The molecule has 0 bridgehead atoms. The lowest BCUT2D eigenvalue weighted by Gasteiger charge is -2.36. The van der Waals surface area contributed by atoms with Crippen molar-refractivity contribution >= 4 is 23.3 Å². The van der Waals surface area contributed by atoms with Crippen LogP contribution >= 0.6 is 11.6 Å². The molecule has 1 heterocycles. The SMILES string of the molecule is CN(CC(=O)O)CC1CN(c2ccc(C#N)c(Cl)c2)CCO1. The van der Waals surface area contributed by atoms with Gasteiger partial charge in [0.15, 0.2) is 0 Å². The highest BCUT2D eigenvalue weighted by Crippen LogP contribution is 2.24. The van der Waals surface area contributed by atoms with Gasteiger partial charge < -0.3 is 14.7 Å². The van der Waals surface area contributed by atoms with Crippen molar-refractivity contribution in [3.63, 3.8) is 0 Å². The number of carboxylic acid groups (broad SMARTS) is 1. The van der Waals surface area contributed by atoms with Crippen molar-refractivity contribution in [3.05, 3.63) is 28.8 Å². The molecule has 0 radical (unpaired) electrons. The second kappa shape index (κ2) is 7.45. The number of carboxylic acids is 1. The molecule has 7 heteroatoms. The summed E-state index contributed by atoms with van der Waals surface area (Å²) in [4.78, 5) is 14.6. The summed E-state index contributed by atoms with van der Waals surface area (Å²) in [7, 11) is 1.76. The van der Waals surface area contributed by atoms with Crippen LogP contribution in [0.2, 0.25) is 5.02 Å². The molecule has 0 spiro atoms. The number of benzene rings is 1.